The zero-order valence-corrected chi connectivity index (χ0v) is 19.4. The largest absolute Gasteiger partial charge is 0.397 e. The summed E-state index contributed by atoms with van der Waals surface area (Å²) >= 11 is 3.39. The minimum Gasteiger partial charge on any atom is -0.397 e. The maximum Gasteiger partial charge on any atom is 0.181 e. The SMILES string of the molecule is COCCCSc1sc2nc(-c3cnc4nn(C)cc4c3)cc(-c3cccnc3)c2c1N. The molecule has 0 amide bonds. The van der Waals surface area contributed by atoms with Gasteiger partial charge >= 0.3 is 0 Å². The third-order valence-corrected chi connectivity index (χ3v) is 7.61. The summed E-state index contributed by atoms with van der Waals surface area (Å²) in [6.07, 6.45) is 8.40. The molecular formula is C23H22N6OS2. The number of ether oxygens (including phenoxy) is 1. The highest BCUT2D eigenvalue weighted by molar-refractivity contribution is 8.01. The molecule has 0 aliphatic carbocycles. The Labute approximate surface area is 193 Å². The number of fused-ring (bicyclic) bond motifs is 2. The topological polar surface area (TPSA) is 91.7 Å². The lowest BCUT2D eigenvalue weighted by molar-refractivity contribution is 0.200. The second kappa shape index (κ2) is 8.85. The molecule has 5 aromatic rings. The van der Waals surface area contributed by atoms with Crippen molar-refractivity contribution in [2.75, 3.05) is 25.2 Å². The number of pyridine rings is 3. The van der Waals surface area contributed by atoms with E-state index in [2.05, 4.69) is 33.3 Å². The normalized spacial score (nSPS) is 11.6. The number of thioether (sulfide) groups is 1. The summed E-state index contributed by atoms with van der Waals surface area (Å²) in [5.41, 5.74) is 12.0. The molecule has 0 saturated carbocycles. The quantitative estimate of drug-likeness (QED) is 0.268. The van der Waals surface area contributed by atoms with E-state index in [-0.39, 0.29) is 0 Å². The number of hydrogen-bond donors (Lipinski definition) is 1. The molecule has 0 radical (unpaired) electrons. The van der Waals surface area contributed by atoms with Gasteiger partial charge in [0, 0.05) is 73.2 Å². The van der Waals surface area contributed by atoms with Gasteiger partial charge in [-0.15, -0.1) is 23.1 Å². The van der Waals surface area contributed by atoms with Gasteiger partial charge in [-0.25, -0.2) is 9.97 Å². The predicted molar refractivity (Wildman–Crippen MR) is 132 cm³/mol. The van der Waals surface area contributed by atoms with Crippen LogP contribution >= 0.6 is 23.1 Å². The van der Waals surface area contributed by atoms with Gasteiger partial charge in [0.05, 0.1) is 15.6 Å². The van der Waals surface area contributed by atoms with E-state index >= 15 is 0 Å². The first-order valence-electron chi connectivity index (χ1n) is 10.2. The van der Waals surface area contributed by atoms with Crippen molar-refractivity contribution in [3.8, 4) is 22.4 Å². The fourth-order valence-electron chi connectivity index (χ4n) is 3.65. The van der Waals surface area contributed by atoms with Gasteiger partial charge < -0.3 is 10.5 Å². The lowest BCUT2D eigenvalue weighted by Gasteiger charge is -2.08. The molecule has 0 spiro atoms. The molecule has 5 heterocycles. The second-order valence-electron chi connectivity index (χ2n) is 7.41. The van der Waals surface area contributed by atoms with Crippen molar-refractivity contribution in [1.82, 2.24) is 24.7 Å². The summed E-state index contributed by atoms with van der Waals surface area (Å²) in [5, 5.41) is 6.33. The maximum atomic E-state index is 6.63. The number of nitrogens with two attached hydrogens (primary N) is 1. The van der Waals surface area contributed by atoms with Gasteiger partial charge in [0.1, 0.15) is 4.83 Å². The van der Waals surface area contributed by atoms with Crippen LogP contribution in [0.15, 0.2) is 53.3 Å². The molecule has 0 atom stereocenters. The van der Waals surface area contributed by atoms with Gasteiger partial charge in [-0.2, -0.15) is 5.10 Å². The van der Waals surface area contributed by atoms with Crippen molar-refractivity contribution >= 4 is 50.0 Å². The lowest BCUT2D eigenvalue weighted by Crippen LogP contribution is -1.93. The van der Waals surface area contributed by atoms with Crippen molar-refractivity contribution in [2.24, 2.45) is 7.05 Å². The summed E-state index contributed by atoms with van der Waals surface area (Å²) in [6.45, 7) is 0.741. The van der Waals surface area contributed by atoms with E-state index in [0.29, 0.717) is 0 Å². The Morgan fingerprint density at radius 2 is 2.12 bits per heavy atom. The third-order valence-electron chi connectivity index (χ3n) is 5.13. The number of hydrogen-bond acceptors (Lipinski definition) is 8. The van der Waals surface area contributed by atoms with Crippen molar-refractivity contribution in [3.05, 3.63) is 49.1 Å². The van der Waals surface area contributed by atoms with E-state index < -0.39 is 0 Å². The second-order valence-corrected chi connectivity index (χ2v) is 9.78. The summed E-state index contributed by atoms with van der Waals surface area (Å²) in [4.78, 5) is 14.7. The number of nitrogens with zero attached hydrogens (tertiary/aromatic N) is 5. The first-order valence-corrected chi connectivity index (χ1v) is 12.0. The molecule has 32 heavy (non-hydrogen) atoms. The molecule has 0 fully saturated rings. The van der Waals surface area contributed by atoms with Gasteiger partial charge in [0.15, 0.2) is 5.65 Å². The predicted octanol–water partition coefficient (Wildman–Crippen LogP) is 5.02. The van der Waals surface area contributed by atoms with Crippen molar-refractivity contribution in [3.63, 3.8) is 0 Å². The Bertz CT molecular complexity index is 1400. The summed E-state index contributed by atoms with van der Waals surface area (Å²) in [6, 6.07) is 8.15. The van der Waals surface area contributed by atoms with E-state index in [4.69, 9.17) is 15.5 Å². The van der Waals surface area contributed by atoms with E-state index in [1.165, 1.54) is 0 Å². The minimum absolute atomic E-state index is 0.722. The summed E-state index contributed by atoms with van der Waals surface area (Å²) in [5.74, 6) is 0.946. The van der Waals surface area contributed by atoms with Crippen LogP contribution in [0.5, 0.6) is 0 Å². The number of aromatic nitrogens is 5. The van der Waals surface area contributed by atoms with E-state index in [9.17, 15) is 0 Å². The van der Waals surface area contributed by atoms with Crippen LogP contribution in [0.25, 0.3) is 43.6 Å². The molecule has 0 saturated heterocycles. The number of nitrogen functional groups attached to an aromatic ring is 1. The highest BCUT2D eigenvalue weighted by Gasteiger charge is 2.18. The van der Waals surface area contributed by atoms with Crippen LogP contribution in [0.2, 0.25) is 0 Å². The zero-order chi connectivity index (χ0) is 22.1. The van der Waals surface area contributed by atoms with Crippen LogP contribution in [0.3, 0.4) is 0 Å². The molecule has 5 aromatic heterocycles. The van der Waals surface area contributed by atoms with Crippen molar-refractivity contribution in [2.45, 2.75) is 10.6 Å². The first kappa shape index (κ1) is 20.9. The Morgan fingerprint density at radius 1 is 1.22 bits per heavy atom. The van der Waals surface area contributed by atoms with Crippen LogP contribution in [0.4, 0.5) is 5.69 Å². The Hall–Kier alpha value is -3.01. The van der Waals surface area contributed by atoms with Gasteiger partial charge in [0.2, 0.25) is 0 Å². The fraction of sp³-hybridized carbons (Fsp3) is 0.217. The molecule has 7 nitrogen and oxygen atoms in total. The van der Waals surface area contributed by atoms with Gasteiger partial charge in [-0.05, 0) is 30.2 Å². The van der Waals surface area contributed by atoms with Crippen molar-refractivity contribution < 1.29 is 4.74 Å². The third kappa shape index (κ3) is 3.94. The van der Waals surface area contributed by atoms with Crippen LogP contribution in [-0.2, 0) is 11.8 Å². The molecule has 0 aliphatic rings. The van der Waals surface area contributed by atoms with Crippen molar-refractivity contribution in [1.29, 1.82) is 0 Å². The Balaban J connectivity index is 1.65. The number of aryl methyl sites for hydroxylation is 1. The minimum atomic E-state index is 0.722. The number of rotatable bonds is 7. The summed E-state index contributed by atoms with van der Waals surface area (Å²) < 4.78 is 8.03. The number of methoxy groups -OCH3 is 1. The van der Waals surface area contributed by atoms with E-state index in [1.54, 1.807) is 41.1 Å². The lowest BCUT2D eigenvalue weighted by atomic mass is 10.0. The van der Waals surface area contributed by atoms with Gasteiger partial charge in [-0.3, -0.25) is 9.67 Å². The number of thiophene rings is 1. The number of anilines is 1. The van der Waals surface area contributed by atoms with Crippen LogP contribution in [0.1, 0.15) is 6.42 Å². The summed E-state index contributed by atoms with van der Waals surface area (Å²) in [7, 11) is 3.62. The molecule has 0 bridgehead atoms. The Kier molecular flexibility index (Phi) is 5.77. The van der Waals surface area contributed by atoms with Gasteiger partial charge in [0.25, 0.3) is 0 Å². The molecular weight excluding hydrogens is 440 g/mol. The maximum absolute atomic E-state index is 6.63. The monoisotopic (exact) mass is 462 g/mol. The standard InChI is InChI=1S/C23H22N6OS2/c1-29-13-16-9-15(12-26-21(16)28-29)18-10-17(14-5-3-6-25-11-14)19-20(24)23(32-22(19)27-18)31-8-4-7-30-2/h3,5-6,9-13H,4,7-8,24H2,1-2H3. The first-order chi connectivity index (χ1) is 15.6. The molecule has 9 heteroatoms. The average Bonchev–Trinajstić information content (AvgIpc) is 3.34. The fourth-order valence-corrected chi connectivity index (χ4v) is 5.93. The van der Waals surface area contributed by atoms with E-state index in [1.807, 2.05) is 31.7 Å². The zero-order valence-electron chi connectivity index (χ0n) is 17.8. The highest BCUT2D eigenvalue weighted by atomic mass is 32.2. The van der Waals surface area contributed by atoms with E-state index in [0.717, 1.165) is 72.3 Å². The van der Waals surface area contributed by atoms with Crippen LogP contribution in [0, 0.1) is 0 Å². The molecule has 0 aliphatic heterocycles. The smallest absolute Gasteiger partial charge is 0.181 e. The molecule has 0 aromatic carbocycles. The Morgan fingerprint density at radius 3 is 2.94 bits per heavy atom. The van der Waals surface area contributed by atoms with Gasteiger partial charge in [-0.1, -0.05) is 6.07 Å². The molecule has 162 valence electrons. The molecule has 2 N–H and O–H groups in total. The molecule has 0 unspecified atom stereocenters. The van der Waals surface area contributed by atoms with Crippen LogP contribution < -0.4 is 5.73 Å². The van der Waals surface area contributed by atoms with Crippen LogP contribution in [-0.4, -0.2) is 44.2 Å². The highest BCUT2D eigenvalue weighted by Crippen LogP contribution is 2.45. The average molecular weight is 463 g/mol. The molecule has 5 rings (SSSR count).